The lowest BCUT2D eigenvalue weighted by molar-refractivity contribution is -0.114. The quantitative estimate of drug-likeness (QED) is 0.362. The van der Waals surface area contributed by atoms with Crippen LogP contribution < -0.4 is 0 Å². The summed E-state index contributed by atoms with van der Waals surface area (Å²) in [6.45, 7) is 0. The van der Waals surface area contributed by atoms with E-state index in [9.17, 15) is 4.79 Å². The number of unbranched alkanes of at least 4 members (excludes halogenated alkanes) is 1. The average Bonchev–Trinajstić information content (AvgIpc) is 2.09. The Morgan fingerprint density at radius 3 is 2.92 bits per heavy atom. The van der Waals surface area contributed by atoms with E-state index in [1.165, 1.54) is 0 Å². The zero-order chi connectivity index (χ0) is 9.23. The first-order chi connectivity index (χ1) is 5.81. The van der Waals surface area contributed by atoms with Crippen molar-refractivity contribution in [1.29, 1.82) is 0 Å². The maximum atomic E-state index is 11.0. The van der Waals surface area contributed by atoms with Gasteiger partial charge >= 0.3 is 0 Å². The van der Waals surface area contributed by atoms with Crippen molar-refractivity contribution in [1.82, 2.24) is 0 Å². The third kappa shape index (κ3) is 8.15. The Balaban J connectivity index is 3.34. The monoisotopic (exact) mass is 206 g/mol. The number of alkyl halides is 1. The minimum Gasteiger partial charge on any atom is -0.295 e. The molecular weight excluding hydrogens is 192 g/mol. The summed E-state index contributed by atoms with van der Waals surface area (Å²) in [5, 5.41) is 0. The van der Waals surface area contributed by atoms with Crippen LogP contribution in [0.15, 0.2) is 12.2 Å². The molecule has 0 amide bonds. The topological polar surface area (TPSA) is 17.1 Å². The molecule has 0 aliphatic heterocycles. The van der Waals surface area contributed by atoms with E-state index in [1.807, 2.05) is 12.3 Å². The van der Waals surface area contributed by atoms with Crippen molar-refractivity contribution in [3.05, 3.63) is 12.2 Å². The average molecular weight is 207 g/mol. The number of allylic oxidation sites excluding steroid dienone is 2. The lowest BCUT2D eigenvalue weighted by Gasteiger charge is -1.91. The number of halogens is 1. The van der Waals surface area contributed by atoms with Gasteiger partial charge in [-0.2, -0.15) is 11.8 Å². The van der Waals surface area contributed by atoms with Crippen molar-refractivity contribution in [2.75, 3.05) is 17.9 Å². The fourth-order valence-electron chi connectivity index (χ4n) is 0.696. The third-order valence-corrected chi connectivity index (χ3v) is 2.24. The molecule has 0 N–H and O–H groups in total. The molecule has 0 aromatic heterocycles. The summed E-state index contributed by atoms with van der Waals surface area (Å²) >= 11 is 7.18. The molecule has 0 bridgehead atoms. The predicted molar refractivity (Wildman–Crippen MR) is 57.1 cm³/mol. The van der Waals surface area contributed by atoms with Crippen LogP contribution in [0.3, 0.4) is 0 Å². The molecule has 0 fully saturated rings. The summed E-state index contributed by atoms with van der Waals surface area (Å²) in [4.78, 5) is 11.0. The van der Waals surface area contributed by atoms with Gasteiger partial charge < -0.3 is 0 Å². The van der Waals surface area contributed by atoms with Gasteiger partial charge in [0.2, 0.25) is 0 Å². The van der Waals surface area contributed by atoms with Crippen LogP contribution in [0.2, 0.25) is 0 Å². The van der Waals surface area contributed by atoms with Gasteiger partial charge in [0, 0.05) is 18.1 Å². The fraction of sp³-hybridized carbons (Fsp3) is 0.667. The third-order valence-electron chi connectivity index (χ3n) is 1.36. The van der Waals surface area contributed by atoms with E-state index < -0.39 is 0 Å². The first-order valence-corrected chi connectivity index (χ1v) is 5.98. The van der Waals surface area contributed by atoms with Gasteiger partial charge in [0.1, 0.15) is 0 Å². The molecule has 0 spiro atoms. The van der Waals surface area contributed by atoms with Gasteiger partial charge in [0.25, 0.3) is 0 Å². The fourth-order valence-corrected chi connectivity index (χ4v) is 1.26. The Labute approximate surface area is 83.6 Å². The van der Waals surface area contributed by atoms with E-state index in [-0.39, 0.29) is 5.78 Å². The standard InChI is InChI=1S/C9H15ClOS/c1-12-8-6-9(11)5-3-2-4-7-10/h3,5H,2,4,6-8H2,1H3/b5-3+. The molecule has 0 saturated heterocycles. The van der Waals surface area contributed by atoms with Crippen LogP contribution in [0.4, 0.5) is 0 Å². The normalized spacial score (nSPS) is 10.8. The van der Waals surface area contributed by atoms with E-state index in [1.54, 1.807) is 17.8 Å². The highest BCUT2D eigenvalue weighted by atomic mass is 35.5. The maximum absolute atomic E-state index is 11.0. The number of ketones is 1. The number of rotatable bonds is 7. The number of hydrogen-bond acceptors (Lipinski definition) is 2. The van der Waals surface area contributed by atoms with Crippen LogP contribution in [0.1, 0.15) is 19.3 Å². The first-order valence-electron chi connectivity index (χ1n) is 4.05. The van der Waals surface area contributed by atoms with Gasteiger partial charge in [-0.05, 0) is 25.2 Å². The summed E-state index contributed by atoms with van der Waals surface area (Å²) in [6, 6.07) is 0. The predicted octanol–water partition coefficient (Wildman–Crippen LogP) is 2.88. The van der Waals surface area contributed by atoms with Crippen LogP contribution >= 0.6 is 23.4 Å². The van der Waals surface area contributed by atoms with Crippen molar-refractivity contribution in [3.63, 3.8) is 0 Å². The largest absolute Gasteiger partial charge is 0.295 e. The van der Waals surface area contributed by atoms with Crippen molar-refractivity contribution in [2.24, 2.45) is 0 Å². The second-order valence-corrected chi connectivity index (χ2v) is 3.81. The number of carbonyl (C=O) groups is 1. The molecule has 0 radical (unpaired) electrons. The molecule has 3 heteroatoms. The van der Waals surface area contributed by atoms with Gasteiger partial charge in [-0.1, -0.05) is 6.08 Å². The number of thioether (sulfide) groups is 1. The molecule has 0 aromatic carbocycles. The highest BCUT2D eigenvalue weighted by molar-refractivity contribution is 7.98. The maximum Gasteiger partial charge on any atom is 0.156 e. The van der Waals surface area contributed by atoms with Crippen LogP contribution in [0, 0.1) is 0 Å². The molecule has 12 heavy (non-hydrogen) atoms. The minimum atomic E-state index is 0.221. The van der Waals surface area contributed by atoms with Crippen molar-refractivity contribution in [3.8, 4) is 0 Å². The molecule has 0 atom stereocenters. The Hall–Kier alpha value is 0.0500. The van der Waals surface area contributed by atoms with Gasteiger partial charge in [-0.25, -0.2) is 0 Å². The second kappa shape index (κ2) is 9.14. The highest BCUT2D eigenvalue weighted by Crippen LogP contribution is 1.98. The summed E-state index contributed by atoms with van der Waals surface area (Å²) in [5.74, 6) is 1.81. The zero-order valence-corrected chi connectivity index (χ0v) is 8.96. The van der Waals surface area contributed by atoms with Crippen LogP contribution in [-0.4, -0.2) is 23.7 Å². The Morgan fingerprint density at radius 1 is 1.58 bits per heavy atom. The molecule has 0 saturated carbocycles. The molecule has 70 valence electrons. The molecule has 0 rings (SSSR count). The highest BCUT2D eigenvalue weighted by Gasteiger charge is 1.93. The molecule has 0 aliphatic carbocycles. The smallest absolute Gasteiger partial charge is 0.156 e. The van der Waals surface area contributed by atoms with Crippen LogP contribution in [0.25, 0.3) is 0 Å². The first kappa shape index (κ1) is 12.0. The van der Waals surface area contributed by atoms with Gasteiger partial charge in [-0.15, -0.1) is 11.6 Å². The summed E-state index contributed by atoms with van der Waals surface area (Å²) in [6.07, 6.45) is 8.10. The number of hydrogen-bond donors (Lipinski definition) is 0. The van der Waals surface area contributed by atoms with Crippen molar-refractivity contribution < 1.29 is 4.79 Å². The molecule has 0 heterocycles. The van der Waals surface area contributed by atoms with E-state index in [0.717, 1.165) is 18.6 Å². The van der Waals surface area contributed by atoms with Crippen LogP contribution in [0.5, 0.6) is 0 Å². The van der Waals surface area contributed by atoms with Crippen molar-refractivity contribution >= 4 is 29.1 Å². The van der Waals surface area contributed by atoms with Crippen LogP contribution in [-0.2, 0) is 4.79 Å². The zero-order valence-electron chi connectivity index (χ0n) is 7.38. The van der Waals surface area contributed by atoms with Gasteiger partial charge in [0.15, 0.2) is 5.78 Å². The molecule has 1 nitrogen and oxygen atoms in total. The summed E-state index contributed by atoms with van der Waals surface area (Å²) in [5.41, 5.74) is 0. The van der Waals surface area contributed by atoms with E-state index >= 15 is 0 Å². The lowest BCUT2D eigenvalue weighted by Crippen LogP contribution is -1.93. The Morgan fingerprint density at radius 2 is 2.33 bits per heavy atom. The summed E-state index contributed by atoms with van der Waals surface area (Å²) < 4.78 is 0. The summed E-state index contributed by atoms with van der Waals surface area (Å²) in [7, 11) is 0. The molecular formula is C9H15ClOS. The molecule has 0 unspecified atom stereocenters. The Bertz CT molecular complexity index is 145. The minimum absolute atomic E-state index is 0.221. The molecule has 0 aliphatic rings. The number of carbonyl (C=O) groups excluding carboxylic acids is 1. The Kier molecular flexibility index (Phi) is 9.18. The van der Waals surface area contributed by atoms with Gasteiger partial charge in [-0.3, -0.25) is 4.79 Å². The van der Waals surface area contributed by atoms with Crippen molar-refractivity contribution in [2.45, 2.75) is 19.3 Å². The van der Waals surface area contributed by atoms with E-state index in [2.05, 4.69) is 0 Å². The SMILES string of the molecule is CSCCC(=O)/C=C/CCCCl. The second-order valence-electron chi connectivity index (χ2n) is 2.44. The van der Waals surface area contributed by atoms with Gasteiger partial charge in [0.05, 0.1) is 0 Å². The molecule has 0 aromatic rings. The van der Waals surface area contributed by atoms with E-state index in [0.29, 0.717) is 12.3 Å². The lowest BCUT2D eigenvalue weighted by atomic mass is 10.2. The van der Waals surface area contributed by atoms with E-state index in [4.69, 9.17) is 11.6 Å².